The lowest BCUT2D eigenvalue weighted by Crippen LogP contribution is -2.12. The Morgan fingerprint density at radius 2 is 1.43 bits per heavy atom. The van der Waals surface area contributed by atoms with Crippen LogP contribution in [0.25, 0.3) is 0 Å². The van der Waals surface area contributed by atoms with Crippen LogP contribution < -0.4 is 14.8 Å². The monoisotopic (exact) mass is 306 g/mol. The molecule has 0 saturated carbocycles. The van der Waals surface area contributed by atoms with Gasteiger partial charge in [-0.15, -0.1) is 0 Å². The van der Waals surface area contributed by atoms with E-state index in [2.05, 4.69) is 10.3 Å². The fraction of sp³-hybridized carbons (Fsp3) is 0.105. The molecule has 1 aromatic heterocycles. The van der Waals surface area contributed by atoms with Crippen molar-refractivity contribution in [3.05, 3.63) is 79.0 Å². The van der Waals surface area contributed by atoms with Gasteiger partial charge in [-0.3, -0.25) is 0 Å². The van der Waals surface area contributed by atoms with Gasteiger partial charge in [0.2, 0.25) is 0 Å². The molecule has 0 aliphatic heterocycles. The Labute approximate surface area is 135 Å². The zero-order valence-electron chi connectivity index (χ0n) is 12.7. The van der Waals surface area contributed by atoms with Crippen molar-refractivity contribution in [2.75, 3.05) is 18.5 Å². The second kappa shape index (κ2) is 7.84. The van der Waals surface area contributed by atoms with Crippen LogP contribution in [0.4, 0.5) is 5.82 Å². The van der Waals surface area contributed by atoms with E-state index in [4.69, 9.17) is 9.47 Å². The maximum atomic E-state index is 5.74. The summed E-state index contributed by atoms with van der Waals surface area (Å²) in [7, 11) is 0. The number of nitrogens with zero attached hydrogens (tertiary/aromatic N) is 1. The molecule has 0 fully saturated rings. The molecule has 0 unspecified atom stereocenters. The van der Waals surface area contributed by atoms with Crippen LogP contribution in [-0.4, -0.2) is 18.1 Å². The molecule has 2 aromatic carbocycles. The summed E-state index contributed by atoms with van der Waals surface area (Å²) in [6.45, 7) is 1.26. The van der Waals surface area contributed by atoms with Crippen molar-refractivity contribution in [1.29, 1.82) is 0 Å². The first kappa shape index (κ1) is 14.9. The van der Waals surface area contributed by atoms with Gasteiger partial charge in [-0.1, -0.05) is 24.3 Å². The minimum Gasteiger partial charge on any atom is -0.492 e. The Kier molecular flexibility index (Phi) is 5.08. The lowest BCUT2D eigenvalue weighted by molar-refractivity contribution is 0.332. The molecule has 0 saturated heterocycles. The SMILES string of the molecule is c1ccc(Oc2ccc(OCCNc3ccccn3)cc2)cc1. The Bertz CT molecular complexity index is 700. The third-order valence-electron chi connectivity index (χ3n) is 3.14. The number of aromatic nitrogens is 1. The summed E-state index contributed by atoms with van der Waals surface area (Å²) >= 11 is 0. The number of pyridine rings is 1. The molecular formula is C19H18N2O2. The molecule has 0 bridgehead atoms. The van der Waals surface area contributed by atoms with Gasteiger partial charge in [0.25, 0.3) is 0 Å². The molecule has 3 aromatic rings. The smallest absolute Gasteiger partial charge is 0.127 e. The average molecular weight is 306 g/mol. The largest absolute Gasteiger partial charge is 0.492 e. The van der Waals surface area contributed by atoms with Crippen LogP contribution in [0.5, 0.6) is 17.2 Å². The van der Waals surface area contributed by atoms with Crippen molar-refractivity contribution in [3.8, 4) is 17.2 Å². The van der Waals surface area contributed by atoms with E-state index in [1.165, 1.54) is 0 Å². The first-order valence-electron chi connectivity index (χ1n) is 7.51. The van der Waals surface area contributed by atoms with Gasteiger partial charge in [-0.25, -0.2) is 4.98 Å². The molecule has 0 aliphatic rings. The Morgan fingerprint density at radius 1 is 0.739 bits per heavy atom. The summed E-state index contributed by atoms with van der Waals surface area (Å²) in [5.41, 5.74) is 0. The summed E-state index contributed by atoms with van der Waals surface area (Å²) in [6, 6.07) is 23.1. The van der Waals surface area contributed by atoms with Gasteiger partial charge >= 0.3 is 0 Å². The van der Waals surface area contributed by atoms with Crippen LogP contribution in [-0.2, 0) is 0 Å². The van der Waals surface area contributed by atoms with Crippen molar-refractivity contribution in [3.63, 3.8) is 0 Å². The molecule has 3 rings (SSSR count). The number of ether oxygens (including phenoxy) is 2. The van der Waals surface area contributed by atoms with Crippen molar-refractivity contribution in [2.45, 2.75) is 0 Å². The van der Waals surface area contributed by atoms with Crippen LogP contribution in [0.3, 0.4) is 0 Å². The van der Waals surface area contributed by atoms with Crippen molar-refractivity contribution >= 4 is 5.82 Å². The normalized spacial score (nSPS) is 10.1. The summed E-state index contributed by atoms with van der Waals surface area (Å²) in [5.74, 6) is 3.27. The van der Waals surface area contributed by atoms with Gasteiger partial charge in [-0.05, 0) is 48.5 Å². The Balaban J connectivity index is 1.44. The van der Waals surface area contributed by atoms with E-state index < -0.39 is 0 Å². The van der Waals surface area contributed by atoms with Crippen LogP contribution in [0.2, 0.25) is 0 Å². The number of para-hydroxylation sites is 1. The molecule has 0 spiro atoms. The number of benzene rings is 2. The molecule has 0 aliphatic carbocycles. The summed E-state index contributed by atoms with van der Waals surface area (Å²) < 4.78 is 11.4. The molecule has 0 atom stereocenters. The van der Waals surface area contributed by atoms with E-state index in [-0.39, 0.29) is 0 Å². The summed E-state index contributed by atoms with van der Waals surface area (Å²) in [4.78, 5) is 4.19. The number of nitrogens with one attached hydrogen (secondary N) is 1. The minimum atomic E-state index is 0.565. The standard InChI is InChI=1S/C19H18N2O2/c1-2-6-17(7-3-1)23-18-11-9-16(10-12-18)22-15-14-21-19-8-4-5-13-20-19/h1-13H,14-15H2,(H,20,21). The number of hydrogen-bond donors (Lipinski definition) is 1. The summed E-state index contributed by atoms with van der Waals surface area (Å²) in [5, 5.41) is 3.20. The third kappa shape index (κ3) is 4.74. The van der Waals surface area contributed by atoms with Crippen LogP contribution in [0.15, 0.2) is 79.0 Å². The van der Waals surface area contributed by atoms with Crippen molar-refractivity contribution in [1.82, 2.24) is 4.98 Å². The van der Waals surface area contributed by atoms with Crippen molar-refractivity contribution < 1.29 is 9.47 Å². The molecule has 1 heterocycles. The Hall–Kier alpha value is -3.01. The fourth-order valence-corrected chi connectivity index (χ4v) is 2.04. The number of hydrogen-bond acceptors (Lipinski definition) is 4. The maximum Gasteiger partial charge on any atom is 0.127 e. The summed E-state index contributed by atoms with van der Waals surface area (Å²) in [6.07, 6.45) is 1.76. The predicted octanol–water partition coefficient (Wildman–Crippen LogP) is 4.36. The van der Waals surface area contributed by atoms with E-state index in [9.17, 15) is 0 Å². The van der Waals surface area contributed by atoms with Gasteiger partial charge < -0.3 is 14.8 Å². The lowest BCUT2D eigenvalue weighted by Gasteiger charge is -2.09. The van der Waals surface area contributed by atoms with Gasteiger partial charge in [0.15, 0.2) is 0 Å². The highest BCUT2D eigenvalue weighted by Crippen LogP contribution is 2.23. The van der Waals surface area contributed by atoms with Crippen LogP contribution in [0, 0.1) is 0 Å². The van der Waals surface area contributed by atoms with E-state index >= 15 is 0 Å². The topological polar surface area (TPSA) is 43.4 Å². The first-order valence-corrected chi connectivity index (χ1v) is 7.51. The van der Waals surface area contributed by atoms with Gasteiger partial charge in [0, 0.05) is 6.20 Å². The molecule has 4 heteroatoms. The molecule has 1 N–H and O–H groups in total. The van der Waals surface area contributed by atoms with E-state index in [0.717, 1.165) is 23.1 Å². The molecule has 0 amide bonds. The second-order valence-electron chi connectivity index (χ2n) is 4.88. The molecular weight excluding hydrogens is 288 g/mol. The van der Waals surface area contributed by atoms with E-state index in [0.29, 0.717) is 13.2 Å². The van der Waals surface area contributed by atoms with Gasteiger partial charge in [0.1, 0.15) is 29.7 Å². The molecule has 23 heavy (non-hydrogen) atoms. The highest BCUT2D eigenvalue weighted by atomic mass is 16.5. The van der Waals surface area contributed by atoms with Gasteiger partial charge in [-0.2, -0.15) is 0 Å². The highest BCUT2D eigenvalue weighted by molar-refractivity contribution is 5.35. The maximum absolute atomic E-state index is 5.74. The van der Waals surface area contributed by atoms with Crippen LogP contribution in [0.1, 0.15) is 0 Å². The highest BCUT2D eigenvalue weighted by Gasteiger charge is 1.98. The molecule has 4 nitrogen and oxygen atoms in total. The predicted molar refractivity (Wildman–Crippen MR) is 91.2 cm³/mol. The quantitative estimate of drug-likeness (QED) is 0.658. The van der Waals surface area contributed by atoms with Crippen molar-refractivity contribution in [2.24, 2.45) is 0 Å². The Morgan fingerprint density at radius 3 is 2.17 bits per heavy atom. The first-order chi connectivity index (χ1) is 11.4. The molecule has 116 valence electrons. The zero-order chi connectivity index (χ0) is 15.7. The lowest BCUT2D eigenvalue weighted by atomic mass is 10.3. The van der Waals surface area contributed by atoms with E-state index in [1.54, 1.807) is 6.20 Å². The third-order valence-corrected chi connectivity index (χ3v) is 3.14. The fourth-order valence-electron chi connectivity index (χ4n) is 2.04. The minimum absolute atomic E-state index is 0.565. The average Bonchev–Trinajstić information content (AvgIpc) is 2.62. The zero-order valence-corrected chi connectivity index (χ0v) is 12.7. The number of rotatable bonds is 7. The van der Waals surface area contributed by atoms with Crippen LogP contribution >= 0.6 is 0 Å². The second-order valence-corrected chi connectivity index (χ2v) is 4.88. The van der Waals surface area contributed by atoms with Gasteiger partial charge in [0.05, 0.1) is 6.54 Å². The molecule has 0 radical (unpaired) electrons. The number of anilines is 1. The van der Waals surface area contributed by atoms with E-state index in [1.807, 2.05) is 72.8 Å².